The monoisotopic (exact) mass is 381 g/mol. The summed E-state index contributed by atoms with van der Waals surface area (Å²) in [5.41, 5.74) is 0.323. The molecule has 1 aliphatic rings. The van der Waals surface area contributed by atoms with E-state index in [0.717, 1.165) is 5.56 Å². The highest BCUT2D eigenvalue weighted by Crippen LogP contribution is 2.36. The van der Waals surface area contributed by atoms with Gasteiger partial charge in [-0.2, -0.15) is 0 Å². The van der Waals surface area contributed by atoms with Crippen molar-refractivity contribution >= 4 is 11.8 Å². The Kier molecular flexibility index (Phi) is 5.87. The number of nitrogens with one attached hydrogen (secondary N) is 1. The number of nitrogens with zero attached hydrogens (tertiary/aromatic N) is 2. The maximum Gasteiger partial charge on any atom is 0.245 e. The van der Waals surface area contributed by atoms with Crippen LogP contribution in [0, 0.1) is 5.82 Å². The van der Waals surface area contributed by atoms with Gasteiger partial charge in [0.25, 0.3) is 0 Å². The van der Waals surface area contributed by atoms with Gasteiger partial charge in [0.2, 0.25) is 11.8 Å². The molecule has 2 heterocycles. The first-order valence-corrected chi connectivity index (χ1v) is 9.36. The van der Waals surface area contributed by atoms with E-state index in [2.05, 4.69) is 16.9 Å². The molecule has 1 aliphatic heterocycles. The van der Waals surface area contributed by atoms with E-state index in [1.54, 1.807) is 11.8 Å². The quantitative estimate of drug-likeness (QED) is 0.810. The molecule has 146 valence electrons. The highest BCUT2D eigenvalue weighted by Gasteiger charge is 2.44. The summed E-state index contributed by atoms with van der Waals surface area (Å²) < 4.78 is 14.1. The third-order valence-corrected chi connectivity index (χ3v) is 5.41. The van der Waals surface area contributed by atoms with Crippen LogP contribution in [0.25, 0.3) is 0 Å². The summed E-state index contributed by atoms with van der Waals surface area (Å²) in [5.74, 6) is -0.761. The second-order valence-electron chi connectivity index (χ2n) is 7.04. The van der Waals surface area contributed by atoms with Crippen LogP contribution in [0.1, 0.15) is 37.1 Å². The van der Waals surface area contributed by atoms with Crippen LogP contribution in [0.15, 0.2) is 61.3 Å². The Bertz CT molecular complexity index is 861. The fourth-order valence-electron chi connectivity index (χ4n) is 3.76. The Balaban J connectivity index is 1.86. The summed E-state index contributed by atoms with van der Waals surface area (Å²) in [5, 5.41) is 2.94. The summed E-state index contributed by atoms with van der Waals surface area (Å²) >= 11 is 0. The molecule has 0 bridgehead atoms. The van der Waals surface area contributed by atoms with E-state index >= 15 is 0 Å². The van der Waals surface area contributed by atoms with Gasteiger partial charge in [0.05, 0.1) is 17.2 Å². The predicted molar refractivity (Wildman–Crippen MR) is 105 cm³/mol. The Morgan fingerprint density at radius 3 is 2.50 bits per heavy atom. The maximum absolute atomic E-state index is 14.1. The first-order valence-electron chi connectivity index (χ1n) is 9.36. The molecule has 6 heteroatoms. The third-order valence-electron chi connectivity index (χ3n) is 5.41. The molecule has 3 rings (SSSR count). The van der Waals surface area contributed by atoms with Gasteiger partial charge in [0.15, 0.2) is 0 Å². The number of rotatable bonds is 5. The molecule has 1 unspecified atom stereocenters. The number of amides is 2. The summed E-state index contributed by atoms with van der Waals surface area (Å²) in [6, 6.07) is 11.8. The lowest BCUT2D eigenvalue weighted by Crippen LogP contribution is -2.53. The van der Waals surface area contributed by atoms with E-state index < -0.39 is 17.3 Å². The Morgan fingerprint density at radius 2 is 1.89 bits per heavy atom. The molecule has 2 aromatic rings. The van der Waals surface area contributed by atoms with Gasteiger partial charge in [-0.1, -0.05) is 36.9 Å². The number of hydrogen-bond acceptors (Lipinski definition) is 3. The zero-order valence-electron chi connectivity index (χ0n) is 15.9. The van der Waals surface area contributed by atoms with Crippen molar-refractivity contribution in [1.82, 2.24) is 15.2 Å². The van der Waals surface area contributed by atoms with Crippen molar-refractivity contribution in [3.63, 3.8) is 0 Å². The van der Waals surface area contributed by atoms with E-state index in [1.807, 2.05) is 30.3 Å². The molecule has 1 saturated heterocycles. The summed E-state index contributed by atoms with van der Waals surface area (Å²) in [6.07, 6.45) is 3.77. The number of halogens is 1. The number of hydrogen-bond donors (Lipinski definition) is 1. The Morgan fingerprint density at radius 1 is 1.21 bits per heavy atom. The molecular weight excluding hydrogens is 357 g/mol. The average Bonchev–Trinajstić information content (AvgIpc) is 2.74. The molecule has 1 fully saturated rings. The molecule has 1 aromatic heterocycles. The molecular formula is C22H24FN3O2. The van der Waals surface area contributed by atoms with Crippen molar-refractivity contribution < 1.29 is 14.0 Å². The highest BCUT2D eigenvalue weighted by molar-refractivity contribution is 5.90. The van der Waals surface area contributed by atoms with Crippen molar-refractivity contribution in [1.29, 1.82) is 0 Å². The van der Waals surface area contributed by atoms with Crippen LogP contribution in [0.4, 0.5) is 4.39 Å². The number of pyridine rings is 1. The van der Waals surface area contributed by atoms with Gasteiger partial charge >= 0.3 is 0 Å². The number of piperidine rings is 1. The van der Waals surface area contributed by atoms with E-state index in [-0.39, 0.29) is 17.5 Å². The highest BCUT2D eigenvalue weighted by atomic mass is 19.1. The van der Waals surface area contributed by atoms with Crippen LogP contribution in [0.3, 0.4) is 0 Å². The topological polar surface area (TPSA) is 62.3 Å². The van der Waals surface area contributed by atoms with Crippen molar-refractivity contribution in [2.75, 3.05) is 13.1 Å². The van der Waals surface area contributed by atoms with Crippen molar-refractivity contribution in [3.05, 3.63) is 78.4 Å². The predicted octanol–water partition coefficient (Wildman–Crippen LogP) is 3.14. The number of carbonyl (C=O) groups excluding carboxylic acids is 2. The molecule has 0 spiro atoms. The van der Waals surface area contributed by atoms with E-state index in [0.29, 0.717) is 25.9 Å². The van der Waals surface area contributed by atoms with Crippen LogP contribution < -0.4 is 5.32 Å². The lowest BCUT2D eigenvalue weighted by Gasteiger charge is -2.41. The number of likely N-dealkylation sites (tertiary alicyclic amines) is 1. The minimum atomic E-state index is -0.779. The third kappa shape index (κ3) is 3.81. The molecule has 1 aromatic carbocycles. The zero-order chi connectivity index (χ0) is 20.1. The van der Waals surface area contributed by atoms with Crippen LogP contribution >= 0.6 is 0 Å². The lowest BCUT2D eigenvalue weighted by molar-refractivity contribution is -0.134. The van der Waals surface area contributed by atoms with Crippen molar-refractivity contribution in [3.8, 4) is 0 Å². The molecule has 0 radical (unpaired) electrons. The Labute approximate surface area is 164 Å². The molecule has 1 N–H and O–H groups in total. The van der Waals surface area contributed by atoms with Gasteiger partial charge in [-0.05, 0) is 43.5 Å². The maximum atomic E-state index is 14.1. The number of benzene rings is 1. The fraction of sp³-hybridized carbons (Fsp3) is 0.318. The van der Waals surface area contributed by atoms with Gasteiger partial charge in [-0.3, -0.25) is 14.6 Å². The van der Waals surface area contributed by atoms with Crippen LogP contribution in [0.2, 0.25) is 0 Å². The summed E-state index contributed by atoms with van der Waals surface area (Å²) in [7, 11) is 0. The lowest BCUT2D eigenvalue weighted by atomic mass is 9.71. The Hall–Kier alpha value is -3.02. The first-order chi connectivity index (χ1) is 13.5. The van der Waals surface area contributed by atoms with Gasteiger partial charge in [-0.15, -0.1) is 0 Å². The van der Waals surface area contributed by atoms with E-state index in [4.69, 9.17) is 0 Å². The smallest absolute Gasteiger partial charge is 0.245 e. The van der Waals surface area contributed by atoms with Gasteiger partial charge in [-0.25, -0.2) is 4.39 Å². The molecule has 0 saturated carbocycles. The van der Waals surface area contributed by atoms with Gasteiger partial charge in [0, 0.05) is 19.3 Å². The minimum absolute atomic E-state index is 0.133. The van der Waals surface area contributed by atoms with Crippen LogP contribution in [-0.4, -0.2) is 34.8 Å². The second kappa shape index (κ2) is 8.33. The summed E-state index contributed by atoms with van der Waals surface area (Å²) in [4.78, 5) is 31.1. The molecule has 1 atom stereocenters. The molecule has 0 aliphatic carbocycles. The number of carbonyl (C=O) groups is 2. The van der Waals surface area contributed by atoms with Crippen molar-refractivity contribution in [2.45, 2.75) is 31.2 Å². The standard InChI is InChI=1S/C22H24FN3O2/c1-3-19(27)26-14-11-22(12-15-26,17-8-5-4-6-9-17)21(28)25-16(2)20-18(23)10-7-13-24-20/h3-10,13,16H,1,11-12,14-15H2,2H3,(H,25,28). The average molecular weight is 381 g/mol. The van der Waals surface area contributed by atoms with Crippen molar-refractivity contribution in [2.24, 2.45) is 0 Å². The molecule has 2 amide bonds. The van der Waals surface area contributed by atoms with Crippen LogP contribution in [0.5, 0.6) is 0 Å². The van der Waals surface area contributed by atoms with Gasteiger partial charge < -0.3 is 10.2 Å². The second-order valence-corrected chi connectivity index (χ2v) is 7.04. The summed E-state index contributed by atoms with van der Waals surface area (Å²) in [6.45, 7) is 6.17. The van der Waals surface area contributed by atoms with Gasteiger partial charge in [0.1, 0.15) is 5.82 Å². The SMILES string of the molecule is C=CC(=O)N1CCC(C(=O)NC(C)c2ncccc2F)(c2ccccc2)CC1. The number of aromatic nitrogens is 1. The van der Waals surface area contributed by atoms with E-state index in [1.165, 1.54) is 24.4 Å². The normalized spacial score (nSPS) is 16.9. The minimum Gasteiger partial charge on any atom is -0.347 e. The zero-order valence-corrected chi connectivity index (χ0v) is 15.9. The molecule has 5 nitrogen and oxygen atoms in total. The first kappa shape index (κ1) is 19.7. The van der Waals surface area contributed by atoms with E-state index in [9.17, 15) is 14.0 Å². The van der Waals surface area contributed by atoms with Crippen LogP contribution in [-0.2, 0) is 15.0 Å². The molecule has 28 heavy (non-hydrogen) atoms. The fourth-order valence-corrected chi connectivity index (χ4v) is 3.76. The largest absolute Gasteiger partial charge is 0.347 e.